The average molecular weight is 428 g/mol. The van der Waals surface area contributed by atoms with Crippen LogP contribution in [-0.4, -0.2) is 29.3 Å². The van der Waals surface area contributed by atoms with Gasteiger partial charge in [0.25, 0.3) is 5.91 Å². The maximum Gasteiger partial charge on any atom is 0.325 e. The Balaban J connectivity index is 1.78. The number of nitrogens with one attached hydrogen (secondary N) is 2. The van der Waals surface area contributed by atoms with Crippen molar-refractivity contribution < 1.29 is 23.2 Å². The molecule has 2 aromatic carbocycles. The lowest BCUT2D eigenvalue weighted by atomic mass is 9.92. The highest BCUT2D eigenvalue weighted by molar-refractivity contribution is 6.35. The molecule has 0 spiro atoms. The van der Waals surface area contributed by atoms with Gasteiger partial charge in [-0.2, -0.15) is 0 Å². The van der Waals surface area contributed by atoms with E-state index in [0.717, 1.165) is 18.2 Å². The van der Waals surface area contributed by atoms with Crippen LogP contribution in [0.1, 0.15) is 12.5 Å². The summed E-state index contributed by atoms with van der Waals surface area (Å²) in [5, 5.41) is 5.35. The molecule has 6 nitrogen and oxygen atoms in total. The van der Waals surface area contributed by atoms with Gasteiger partial charge >= 0.3 is 6.03 Å². The average Bonchev–Trinajstić information content (AvgIpc) is 2.82. The summed E-state index contributed by atoms with van der Waals surface area (Å²) in [6.07, 6.45) is 0. The summed E-state index contributed by atoms with van der Waals surface area (Å²) < 4.78 is 26.2. The van der Waals surface area contributed by atoms with Crippen LogP contribution in [0.15, 0.2) is 36.4 Å². The number of carbonyl (C=O) groups excluding carboxylic acids is 3. The topological polar surface area (TPSA) is 78.5 Å². The number of benzene rings is 2. The molecular formula is C18H13Cl2F2N3O3. The SMILES string of the molecule is CC1(c2ccc(Cl)cc2Cl)NC(=O)N(CC(=O)Nc2ccc(F)c(F)c2)C1=O. The fraction of sp³-hybridized carbons (Fsp3) is 0.167. The molecule has 10 heteroatoms. The van der Waals surface area contributed by atoms with E-state index in [0.29, 0.717) is 15.5 Å². The van der Waals surface area contributed by atoms with E-state index in [-0.39, 0.29) is 10.7 Å². The van der Waals surface area contributed by atoms with E-state index in [1.165, 1.54) is 25.1 Å². The Morgan fingerprint density at radius 3 is 2.50 bits per heavy atom. The van der Waals surface area contributed by atoms with E-state index in [9.17, 15) is 23.2 Å². The molecule has 1 heterocycles. The highest BCUT2D eigenvalue weighted by Crippen LogP contribution is 2.34. The normalized spacial score (nSPS) is 19.0. The molecule has 0 saturated carbocycles. The number of nitrogens with zero attached hydrogens (tertiary/aromatic N) is 1. The first-order valence-electron chi connectivity index (χ1n) is 7.96. The van der Waals surface area contributed by atoms with Crippen molar-refractivity contribution in [1.29, 1.82) is 0 Å². The number of anilines is 1. The van der Waals surface area contributed by atoms with Crippen LogP contribution in [0, 0.1) is 11.6 Å². The highest BCUT2D eigenvalue weighted by Gasteiger charge is 2.50. The van der Waals surface area contributed by atoms with Gasteiger partial charge in [0.05, 0.1) is 0 Å². The quantitative estimate of drug-likeness (QED) is 0.730. The third-order valence-corrected chi connectivity index (χ3v) is 4.80. The number of hydrogen-bond donors (Lipinski definition) is 2. The van der Waals surface area contributed by atoms with Gasteiger partial charge in [0, 0.05) is 27.4 Å². The minimum absolute atomic E-state index is 0.0144. The van der Waals surface area contributed by atoms with Gasteiger partial charge in [0.15, 0.2) is 11.6 Å². The lowest BCUT2D eigenvalue weighted by molar-refractivity contribution is -0.133. The molecule has 28 heavy (non-hydrogen) atoms. The molecule has 1 saturated heterocycles. The fourth-order valence-corrected chi connectivity index (χ4v) is 3.43. The lowest BCUT2D eigenvalue weighted by Gasteiger charge is -2.23. The van der Waals surface area contributed by atoms with Crippen LogP contribution in [0.5, 0.6) is 0 Å². The summed E-state index contributed by atoms with van der Waals surface area (Å²) in [5.74, 6) is -3.66. The van der Waals surface area contributed by atoms with Crippen LogP contribution < -0.4 is 10.6 Å². The molecule has 1 aliphatic heterocycles. The zero-order valence-corrected chi connectivity index (χ0v) is 15.9. The highest BCUT2D eigenvalue weighted by atomic mass is 35.5. The smallest absolute Gasteiger partial charge is 0.324 e. The third kappa shape index (κ3) is 3.65. The molecular weight excluding hydrogens is 415 g/mol. The molecule has 0 bridgehead atoms. The number of carbonyl (C=O) groups is 3. The Hall–Kier alpha value is -2.71. The van der Waals surface area contributed by atoms with Crippen molar-refractivity contribution in [2.75, 3.05) is 11.9 Å². The zero-order chi connectivity index (χ0) is 20.6. The number of urea groups is 1. The Morgan fingerprint density at radius 1 is 1.14 bits per heavy atom. The molecule has 0 radical (unpaired) electrons. The van der Waals surface area contributed by atoms with Gasteiger partial charge in [-0.25, -0.2) is 13.6 Å². The Bertz CT molecular complexity index is 1000. The predicted octanol–water partition coefficient (Wildman–Crippen LogP) is 3.68. The van der Waals surface area contributed by atoms with E-state index in [1.54, 1.807) is 0 Å². The van der Waals surface area contributed by atoms with Gasteiger partial charge < -0.3 is 10.6 Å². The summed E-state index contributed by atoms with van der Waals surface area (Å²) in [6.45, 7) is 0.833. The molecule has 1 unspecified atom stereocenters. The maximum atomic E-state index is 13.2. The van der Waals surface area contributed by atoms with Crippen molar-refractivity contribution in [3.8, 4) is 0 Å². The molecule has 0 aromatic heterocycles. The van der Waals surface area contributed by atoms with Crippen LogP contribution in [-0.2, 0) is 15.1 Å². The summed E-state index contributed by atoms with van der Waals surface area (Å²) >= 11 is 12.0. The molecule has 3 rings (SSSR count). The van der Waals surface area contributed by atoms with E-state index < -0.39 is 41.6 Å². The predicted molar refractivity (Wildman–Crippen MR) is 99.0 cm³/mol. The minimum Gasteiger partial charge on any atom is -0.324 e. The molecule has 2 N–H and O–H groups in total. The van der Waals surface area contributed by atoms with Crippen LogP contribution in [0.2, 0.25) is 10.0 Å². The van der Waals surface area contributed by atoms with E-state index in [4.69, 9.17) is 23.2 Å². The van der Waals surface area contributed by atoms with Gasteiger partial charge in [-0.15, -0.1) is 0 Å². The summed E-state index contributed by atoms with van der Waals surface area (Å²) in [6, 6.07) is 6.45. The Labute approximate surface area is 168 Å². The summed E-state index contributed by atoms with van der Waals surface area (Å²) in [4.78, 5) is 38.0. The number of imide groups is 1. The van der Waals surface area contributed by atoms with Crippen molar-refractivity contribution in [3.05, 3.63) is 63.6 Å². The molecule has 1 fully saturated rings. The molecule has 4 amide bonds. The molecule has 0 aliphatic carbocycles. The fourth-order valence-electron chi connectivity index (χ4n) is 2.84. The molecule has 1 atom stereocenters. The first kappa shape index (κ1) is 20.0. The lowest BCUT2D eigenvalue weighted by Crippen LogP contribution is -2.42. The maximum absolute atomic E-state index is 13.2. The Morgan fingerprint density at radius 2 is 1.86 bits per heavy atom. The molecule has 146 valence electrons. The van der Waals surface area contributed by atoms with Crippen molar-refractivity contribution >= 4 is 46.7 Å². The molecule has 2 aromatic rings. The van der Waals surface area contributed by atoms with Crippen molar-refractivity contribution in [1.82, 2.24) is 10.2 Å². The number of hydrogen-bond acceptors (Lipinski definition) is 3. The molecule has 1 aliphatic rings. The van der Waals surface area contributed by atoms with Gasteiger partial charge in [0.1, 0.15) is 12.1 Å². The number of halogens is 4. The van der Waals surface area contributed by atoms with Gasteiger partial charge in [-0.1, -0.05) is 29.3 Å². The van der Waals surface area contributed by atoms with Crippen molar-refractivity contribution in [3.63, 3.8) is 0 Å². The van der Waals surface area contributed by atoms with Crippen molar-refractivity contribution in [2.45, 2.75) is 12.5 Å². The minimum atomic E-state index is -1.49. The van der Waals surface area contributed by atoms with E-state index in [2.05, 4.69) is 10.6 Å². The van der Waals surface area contributed by atoms with Crippen LogP contribution in [0.3, 0.4) is 0 Å². The number of rotatable bonds is 4. The van der Waals surface area contributed by atoms with Crippen LogP contribution >= 0.6 is 23.2 Å². The van der Waals surface area contributed by atoms with E-state index in [1.807, 2.05) is 0 Å². The summed E-state index contributed by atoms with van der Waals surface area (Å²) in [5.41, 5.74) is -1.18. The second kappa shape index (κ2) is 7.37. The third-order valence-electron chi connectivity index (χ3n) is 4.25. The second-order valence-corrected chi connectivity index (χ2v) is 7.09. The standard InChI is InChI=1S/C18H13Cl2F2N3O3/c1-18(11-4-2-9(19)6-12(11)20)16(27)25(17(28)24-18)8-15(26)23-10-3-5-13(21)14(22)7-10/h2-7H,8H2,1H3,(H,23,26)(H,24,28). The largest absolute Gasteiger partial charge is 0.325 e. The first-order chi connectivity index (χ1) is 13.1. The Kier molecular flexibility index (Phi) is 5.27. The second-order valence-electron chi connectivity index (χ2n) is 6.25. The van der Waals surface area contributed by atoms with Gasteiger partial charge in [-0.3, -0.25) is 14.5 Å². The van der Waals surface area contributed by atoms with Crippen molar-refractivity contribution in [2.24, 2.45) is 0 Å². The van der Waals surface area contributed by atoms with Gasteiger partial charge in [0.2, 0.25) is 5.91 Å². The van der Waals surface area contributed by atoms with Gasteiger partial charge in [-0.05, 0) is 31.2 Å². The monoisotopic (exact) mass is 427 g/mol. The van der Waals surface area contributed by atoms with E-state index >= 15 is 0 Å². The number of amides is 4. The first-order valence-corrected chi connectivity index (χ1v) is 8.72. The zero-order valence-electron chi connectivity index (χ0n) is 14.4. The van der Waals surface area contributed by atoms with Crippen LogP contribution in [0.25, 0.3) is 0 Å². The summed E-state index contributed by atoms with van der Waals surface area (Å²) in [7, 11) is 0. The van der Waals surface area contributed by atoms with Crippen LogP contribution in [0.4, 0.5) is 19.3 Å².